The first-order valence-electron chi connectivity index (χ1n) is 13.1. The lowest BCUT2D eigenvalue weighted by Gasteiger charge is -2.43. The van der Waals surface area contributed by atoms with Crippen molar-refractivity contribution in [2.24, 2.45) is 23.2 Å². The number of nitrogens with zero attached hydrogens (tertiary/aromatic N) is 1. The number of piperidine rings is 1. The van der Waals surface area contributed by atoms with Crippen LogP contribution < -0.4 is 0 Å². The molecular weight excluding hydrogens is 423 g/mol. The molecule has 3 fully saturated rings. The number of likely N-dealkylation sites (tertiary alicyclic amines) is 1. The zero-order valence-corrected chi connectivity index (χ0v) is 20.7. The maximum atomic E-state index is 13.0. The Hall–Kier alpha value is -1.07. The fourth-order valence-electron chi connectivity index (χ4n) is 6.79. The van der Waals surface area contributed by atoms with Gasteiger partial charge < -0.3 is 10.0 Å². The van der Waals surface area contributed by atoms with Gasteiger partial charge in [-0.2, -0.15) is 13.2 Å². The van der Waals surface area contributed by atoms with Crippen LogP contribution in [0.1, 0.15) is 84.5 Å². The average Bonchev–Trinajstić information content (AvgIpc) is 3.10. The van der Waals surface area contributed by atoms with E-state index in [-0.39, 0.29) is 18.9 Å². The molecule has 0 spiro atoms. The predicted molar refractivity (Wildman–Crippen MR) is 130 cm³/mol. The Kier molecular flexibility index (Phi) is 9.31. The molecule has 2 saturated carbocycles. The lowest BCUT2D eigenvalue weighted by Crippen LogP contribution is -2.41. The molecule has 1 N–H and O–H groups in total. The maximum Gasteiger partial charge on any atom is 0.391 e. The van der Waals surface area contributed by atoms with Crippen molar-refractivity contribution in [2.75, 3.05) is 19.6 Å². The monoisotopic (exact) mass is 467 g/mol. The van der Waals surface area contributed by atoms with Gasteiger partial charge in [0, 0.05) is 0 Å². The summed E-state index contributed by atoms with van der Waals surface area (Å²) in [6, 6.07) is 0. The number of hydrogen-bond donors (Lipinski definition) is 1. The highest BCUT2D eigenvalue weighted by Crippen LogP contribution is 2.58. The van der Waals surface area contributed by atoms with Crippen LogP contribution in [-0.4, -0.2) is 41.9 Å². The van der Waals surface area contributed by atoms with Gasteiger partial charge in [-0.1, -0.05) is 36.3 Å². The van der Waals surface area contributed by atoms with Crippen LogP contribution in [0.3, 0.4) is 0 Å². The van der Waals surface area contributed by atoms with E-state index in [4.69, 9.17) is 0 Å². The Bertz CT molecular complexity index is 702. The second-order valence-corrected chi connectivity index (χ2v) is 11.1. The average molecular weight is 468 g/mol. The highest BCUT2D eigenvalue weighted by molar-refractivity contribution is 5.25. The molecular formula is C28H44F3NO. The van der Waals surface area contributed by atoms with Crippen molar-refractivity contribution in [3.63, 3.8) is 0 Å². The Morgan fingerprint density at radius 2 is 1.97 bits per heavy atom. The molecule has 0 aromatic carbocycles. The van der Waals surface area contributed by atoms with Crippen LogP contribution in [0, 0.1) is 23.2 Å². The minimum Gasteiger partial charge on any atom is -0.393 e. The van der Waals surface area contributed by atoms with E-state index in [1.165, 1.54) is 31.3 Å². The third-order valence-corrected chi connectivity index (χ3v) is 8.77. The molecule has 1 aliphatic heterocycles. The summed E-state index contributed by atoms with van der Waals surface area (Å²) in [4.78, 5) is 2.27. The van der Waals surface area contributed by atoms with Crippen molar-refractivity contribution in [3.8, 4) is 0 Å². The van der Waals surface area contributed by atoms with Crippen LogP contribution in [-0.2, 0) is 0 Å². The van der Waals surface area contributed by atoms with E-state index in [2.05, 4.69) is 30.6 Å². The highest BCUT2D eigenvalue weighted by Gasteiger charge is 2.49. The molecule has 0 aromatic heterocycles. The Labute approximate surface area is 199 Å². The number of fused-ring (bicyclic) bond motifs is 1. The zero-order valence-electron chi connectivity index (χ0n) is 20.7. The molecule has 188 valence electrons. The number of rotatable bonds is 9. The summed E-state index contributed by atoms with van der Waals surface area (Å²) < 4.78 is 38.9. The van der Waals surface area contributed by atoms with Gasteiger partial charge >= 0.3 is 6.18 Å². The van der Waals surface area contributed by atoms with Crippen LogP contribution in [0.25, 0.3) is 0 Å². The van der Waals surface area contributed by atoms with Crippen molar-refractivity contribution in [3.05, 3.63) is 36.0 Å². The normalized spacial score (nSPS) is 32.2. The molecule has 2 aliphatic carbocycles. The van der Waals surface area contributed by atoms with Gasteiger partial charge in [-0.05, 0) is 114 Å². The first-order valence-corrected chi connectivity index (χ1v) is 13.1. The number of alkyl halides is 3. The molecule has 5 heteroatoms. The maximum absolute atomic E-state index is 13.0. The largest absolute Gasteiger partial charge is 0.393 e. The van der Waals surface area contributed by atoms with Crippen molar-refractivity contribution >= 4 is 0 Å². The number of halogens is 3. The fraction of sp³-hybridized carbons (Fsp3) is 0.786. The molecule has 0 aromatic rings. The van der Waals surface area contributed by atoms with E-state index in [9.17, 15) is 18.3 Å². The molecule has 0 bridgehead atoms. The molecule has 2 nitrogen and oxygen atoms in total. The SMILES string of the molecule is C=CCC/C(=C/C=C1\CCCC2(C)C1CC[C@@H]2CCN1CCC(C(F)(F)F)CC1)CC(C)O. The van der Waals surface area contributed by atoms with Crippen LogP contribution in [0.15, 0.2) is 36.0 Å². The summed E-state index contributed by atoms with van der Waals surface area (Å²) in [7, 11) is 0. The number of hydrogen-bond acceptors (Lipinski definition) is 2. The van der Waals surface area contributed by atoms with E-state index in [1.807, 2.05) is 13.0 Å². The van der Waals surface area contributed by atoms with E-state index in [0.29, 0.717) is 36.8 Å². The Morgan fingerprint density at radius 3 is 2.61 bits per heavy atom. The number of allylic oxidation sites excluding steroid dienone is 4. The topological polar surface area (TPSA) is 23.5 Å². The lowest BCUT2D eigenvalue weighted by molar-refractivity contribution is -0.185. The van der Waals surface area contributed by atoms with Crippen LogP contribution in [0.4, 0.5) is 13.2 Å². The molecule has 1 saturated heterocycles. The van der Waals surface area contributed by atoms with Gasteiger partial charge in [-0.3, -0.25) is 0 Å². The summed E-state index contributed by atoms with van der Waals surface area (Å²) in [5, 5.41) is 9.86. The summed E-state index contributed by atoms with van der Waals surface area (Å²) in [5.74, 6) is 0.176. The van der Waals surface area contributed by atoms with Gasteiger partial charge in [-0.25, -0.2) is 0 Å². The van der Waals surface area contributed by atoms with Gasteiger partial charge in [0.2, 0.25) is 0 Å². The summed E-state index contributed by atoms with van der Waals surface area (Å²) >= 11 is 0. The van der Waals surface area contributed by atoms with Gasteiger partial charge in [0.05, 0.1) is 12.0 Å². The molecule has 4 atom stereocenters. The molecule has 1 heterocycles. The Morgan fingerprint density at radius 1 is 1.24 bits per heavy atom. The second-order valence-electron chi connectivity index (χ2n) is 11.1. The van der Waals surface area contributed by atoms with E-state index in [1.54, 1.807) is 5.57 Å². The first-order chi connectivity index (χ1) is 15.6. The number of aliphatic hydroxyl groups is 1. The standard InChI is InChI=1S/C28H44F3NO/c1-4-5-7-22(20-21(2)33)9-10-23-8-6-16-27(3)24(11-12-26(23)27)13-17-32-18-14-25(15-19-32)28(29,30)31/h4,9-10,21,24-26,33H,1,5-8,11-20H2,2-3H3/b22-9-,23-10+/t21?,24-,26?,27?/m1/s1. The van der Waals surface area contributed by atoms with Gasteiger partial charge in [0.25, 0.3) is 0 Å². The number of aliphatic hydroxyl groups excluding tert-OH is 1. The lowest BCUT2D eigenvalue weighted by atomic mass is 9.63. The van der Waals surface area contributed by atoms with E-state index < -0.39 is 12.1 Å². The fourth-order valence-corrected chi connectivity index (χ4v) is 6.79. The van der Waals surface area contributed by atoms with Crippen LogP contribution >= 0.6 is 0 Å². The summed E-state index contributed by atoms with van der Waals surface area (Å²) in [6.45, 7) is 10.3. The van der Waals surface area contributed by atoms with Crippen molar-refractivity contribution in [2.45, 2.75) is 96.8 Å². The minimum absolute atomic E-state index is 0.258. The molecule has 0 amide bonds. The minimum atomic E-state index is -4.03. The smallest absolute Gasteiger partial charge is 0.391 e. The van der Waals surface area contributed by atoms with Gasteiger partial charge in [-0.15, -0.1) is 6.58 Å². The van der Waals surface area contributed by atoms with Crippen molar-refractivity contribution < 1.29 is 18.3 Å². The second kappa shape index (κ2) is 11.6. The quantitative estimate of drug-likeness (QED) is 0.356. The van der Waals surface area contributed by atoms with E-state index >= 15 is 0 Å². The Balaban J connectivity index is 1.59. The molecule has 3 aliphatic rings. The van der Waals surface area contributed by atoms with Crippen LogP contribution in [0.5, 0.6) is 0 Å². The highest BCUT2D eigenvalue weighted by atomic mass is 19.4. The van der Waals surface area contributed by atoms with Crippen LogP contribution in [0.2, 0.25) is 0 Å². The van der Waals surface area contributed by atoms with Gasteiger partial charge in [0.15, 0.2) is 0 Å². The van der Waals surface area contributed by atoms with Crippen molar-refractivity contribution in [1.82, 2.24) is 4.90 Å². The summed E-state index contributed by atoms with van der Waals surface area (Å²) in [5.41, 5.74) is 3.17. The third-order valence-electron chi connectivity index (χ3n) is 8.77. The molecule has 3 rings (SSSR count). The molecule has 33 heavy (non-hydrogen) atoms. The summed E-state index contributed by atoms with van der Waals surface area (Å²) in [6.07, 6.45) is 12.5. The van der Waals surface area contributed by atoms with Gasteiger partial charge in [0.1, 0.15) is 0 Å². The predicted octanol–water partition coefficient (Wildman–Crippen LogP) is 7.46. The third kappa shape index (κ3) is 6.97. The molecule has 3 unspecified atom stereocenters. The first kappa shape index (κ1) is 26.5. The zero-order chi connectivity index (χ0) is 24.1. The molecule has 0 radical (unpaired) electrons. The van der Waals surface area contributed by atoms with Crippen molar-refractivity contribution in [1.29, 1.82) is 0 Å². The van der Waals surface area contributed by atoms with E-state index in [0.717, 1.165) is 32.2 Å².